The molecule has 0 aromatic heterocycles. The van der Waals surface area contributed by atoms with Crippen molar-refractivity contribution in [3.8, 4) is 0 Å². The topological polar surface area (TPSA) is 66.9 Å². The van der Waals surface area contributed by atoms with Crippen molar-refractivity contribution in [3.63, 3.8) is 0 Å². The van der Waals surface area contributed by atoms with Crippen LogP contribution in [0.5, 0.6) is 0 Å². The third-order valence-corrected chi connectivity index (χ3v) is 3.70. The van der Waals surface area contributed by atoms with Crippen LogP contribution >= 0.6 is 11.6 Å². The first-order valence-corrected chi connectivity index (χ1v) is 8.14. The van der Waals surface area contributed by atoms with Crippen LogP contribution in [-0.4, -0.2) is 48.9 Å². The average molecular weight is 373 g/mol. The van der Waals surface area contributed by atoms with Gasteiger partial charge in [0.05, 0.1) is 10.7 Å². The summed E-state index contributed by atoms with van der Waals surface area (Å²) in [5, 5.41) is 0.406. The number of hydrogen-bond donors (Lipinski definition) is 0. The van der Waals surface area contributed by atoms with Crippen molar-refractivity contribution >= 4 is 29.5 Å². The van der Waals surface area contributed by atoms with E-state index in [1.807, 2.05) is 25.7 Å². The van der Waals surface area contributed by atoms with Crippen LogP contribution in [0.1, 0.15) is 26.3 Å². The zero-order chi connectivity index (χ0) is 19.2. The zero-order valence-electron chi connectivity index (χ0n) is 14.8. The predicted molar refractivity (Wildman–Crippen MR) is 91.2 cm³/mol. The SMILES string of the molecule is Cc1cc(F)c(N2CCN(C(=O)OC(C)(C)C)CC2)c(Cl)c1.O=C=O. The van der Waals surface area contributed by atoms with E-state index in [-0.39, 0.29) is 18.1 Å². The van der Waals surface area contributed by atoms with Crippen molar-refractivity contribution in [3.05, 3.63) is 28.5 Å². The summed E-state index contributed by atoms with van der Waals surface area (Å²) in [5.41, 5.74) is 0.690. The van der Waals surface area contributed by atoms with Gasteiger partial charge in [-0.15, -0.1) is 0 Å². The largest absolute Gasteiger partial charge is 0.444 e. The van der Waals surface area contributed by atoms with E-state index in [1.54, 1.807) is 17.9 Å². The van der Waals surface area contributed by atoms with Crippen LogP contribution in [0.15, 0.2) is 12.1 Å². The Bertz CT molecular complexity index is 624. The van der Waals surface area contributed by atoms with Crippen molar-refractivity contribution in [1.29, 1.82) is 0 Å². The van der Waals surface area contributed by atoms with Gasteiger partial charge in [0.25, 0.3) is 0 Å². The summed E-state index contributed by atoms with van der Waals surface area (Å²) in [7, 11) is 0. The first-order chi connectivity index (χ1) is 11.6. The summed E-state index contributed by atoms with van der Waals surface area (Å²) < 4.78 is 19.5. The van der Waals surface area contributed by atoms with Gasteiger partial charge in [-0.1, -0.05) is 11.6 Å². The summed E-state index contributed by atoms with van der Waals surface area (Å²) in [6, 6.07) is 3.22. The molecular weight excluding hydrogens is 351 g/mol. The molecule has 1 aromatic rings. The van der Waals surface area contributed by atoms with Crippen LogP contribution in [0.25, 0.3) is 0 Å². The van der Waals surface area contributed by atoms with Gasteiger partial charge in [0.2, 0.25) is 0 Å². The quantitative estimate of drug-likeness (QED) is 0.757. The second-order valence-corrected chi connectivity index (χ2v) is 7.02. The van der Waals surface area contributed by atoms with Gasteiger partial charge in [-0.25, -0.2) is 9.18 Å². The maximum atomic E-state index is 14.1. The molecule has 0 aliphatic carbocycles. The molecule has 0 atom stereocenters. The molecule has 138 valence electrons. The molecule has 1 aromatic carbocycles. The molecule has 0 unspecified atom stereocenters. The number of rotatable bonds is 1. The number of carbonyl (C=O) groups is 1. The predicted octanol–water partition coefficient (Wildman–Crippen LogP) is 3.26. The van der Waals surface area contributed by atoms with E-state index in [0.29, 0.717) is 36.9 Å². The summed E-state index contributed by atoms with van der Waals surface area (Å²) in [5.74, 6) is -0.323. The van der Waals surface area contributed by atoms with Crippen molar-refractivity contribution in [1.82, 2.24) is 4.90 Å². The Morgan fingerprint density at radius 1 is 1.20 bits per heavy atom. The fraction of sp³-hybridized carbons (Fsp3) is 0.529. The number of nitrogens with zero attached hydrogens (tertiary/aromatic N) is 2. The van der Waals surface area contributed by atoms with Crippen LogP contribution in [0.4, 0.5) is 14.9 Å². The molecule has 0 bridgehead atoms. The average Bonchev–Trinajstić information content (AvgIpc) is 2.46. The van der Waals surface area contributed by atoms with Gasteiger partial charge in [-0.05, 0) is 45.4 Å². The summed E-state index contributed by atoms with van der Waals surface area (Å²) in [4.78, 5) is 31.8. The normalized spacial score (nSPS) is 14.3. The van der Waals surface area contributed by atoms with Gasteiger partial charge in [0.15, 0.2) is 0 Å². The molecule has 8 heteroatoms. The smallest absolute Gasteiger partial charge is 0.410 e. The Balaban J connectivity index is 0.000000970. The number of amides is 1. The summed E-state index contributed by atoms with van der Waals surface area (Å²) in [6.45, 7) is 9.34. The molecule has 1 amide bonds. The molecule has 25 heavy (non-hydrogen) atoms. The number of piperazine rings is 1. The van der Waals surface area contributed by atoms with Crippen LogP contribution in [0.3, 0.4) is 0 Å². The van der Waals surface area contributed by atoms with E-state index in [0.717, 1.165) is 5.56 Å². The lowest BCUT2D eigenvalue weighted by atomic mass is 10.2. The van der Waals surface area contributed by atoms with Crippen LogP contribution in [-0.2, 0) is 14.3 Å². The molecular formula is C17H22ClFN2O4. The molecule has 1 heterocycles. The minimum absolute atomic E-state index is 0.250. The van der Waals surface area contributed by atoms with Crippen LogP contribution in [0, 0.1) is 12.7 Å². The van der Waals surface area contributed by atoms with E-state index in [4.69, 9.17) is 25.9 Å². The Morgan fingerprint density at radius 2 is 1.72 bits per heavy atom. The minimum atomic E-state index is -0.513. The van der Waals surface area contributed by atoms with Gasteiger partial charge < -0.3 is 14.5 Å². The number of benzene rings is 1. The highest BCUT2D eigenvalue weighted by Gasteiger charge is 2.27. The molecule has 0 spiro atoms. The molecule has 1 aliphatic heterocycles. The van der Waals surface area contributed by atoms with Crippen molar-refractivity contribution in [2.45, 2.75) is 33.3 Å². The van der Waals surface area contributed by atoms with Gasteiger partial charge in [0.1, 0.15) is 11.4 Å². The molecule has 2 rings (SSSR count). The van der Waals surface area contributed by atoms with Gasteiger partial charge in [-0.2, -0.15) is 9.59 Å². The number of carbonyl (C=O) groups excluding carboxylic acids is 3. The van der Waals surface area contributed by atoms with Crippen molar-refractivity contribution in [2.75, 3.05) is 31.1 Å². The lowest BCUT2D eigenvalue weighted by Gasteiger charge is -2.37. The van der Waals surface area contributed by atoms with Gasteiger partial charge >= 0.3 is 12.2 Å². The van der Waals surface area contributed by atoms with Crippen molar-refractivity contribution < 1.29 is 23.5 Å². The maximum absolute atomic E-state index is 14.1. The maximum Gasteiger partial charge on any atom is 0.410 e. The Labute approximate surface area is 151 Å². The number of halogens is 2. The highest BCUT2D eigenvalue weighted by molar-refractivity contribution is 6.33. The number of anilines is 1. The number of aryl methyl sites for hydroxylation is 1. The molecule has 1 fully saturated rings. The highest BCUT2D eigenvalue weighted by atomic mass is 35.5. The third kappa shape index (κ3) is 6.36. The molecule has 0 radical (unpaired) electrons. The molecule has 0 saturated carbocycles. The first kappa shape index (κ1) is 20.9. The van der Waals surface area contributed by atoms with Crippen molar-refractivity contribution in [2.24, 2.45) is 0 Å². The fourth-order valence-electron chi connectivity index (χ4n) is 2.43. The van der Waals surface area contributed by atoms with E-state index in [2.05, 4.69) is 0 Å². The van der Waals surface area contributed by atoms with Crippen LogP contribution in [0.2, 0.25) is 5.02 Å². The Hall–Kier alpha value is -2.11. The Morgan fingerprint density at radius 3 is 2.16 bits per heavy atom. The second-order valence-electron chi connectivity index (χ2n) is 6.61. The molecule has 0 N–H and O–H groups in total. The molecule has 6 nitrogen and oxygen atoms in total. The van der Waals surface area contributed by atoms with E-state index in [9.17, 15) is 9.18 Å². The number of hydrogen-bond acceptors (Lipinski definition) is 5. The van der Waals surface area contributed by atoms with E-state index in [1.165, 1.54) is 6.07 Å². The summed E-state index contributed by atoms with van der Waals surface area (Å²) >= 11 is 6.17. The lowest BCUT2D eigenvalue weighted by molar-refractivity contribution is -0.191. The van der Waals surface area contributed by atoms with E-state index < -0.39 is 5.60 Å². The lowest BCUT2D eigenvalue weighted by Crippen LogP contribution is -2.50. The standard InChI is InChI=1S/C16H22ClFN2O2.CO2/c1-11-9-12(17)14(13(18)10-11)19-5-7-20(8-6-19)15(21)22-16(2,3)4;2-1-3/h9-10H,5-8H2,1-4H3;. The van der Waals surface area contributed by atoms with Gasteiger partial charge in [0, 0.05) is 26.2 Å². The van der Waals surface area contributed by atoms with Crippen LogP contribution < -0.4 is 4.90 Å². The zero-order valence-corrected chi connectivity index (χ0v) is 15.5. The third-order valence-electron chi connectivity index (χ3n) is 3.41. The Kier molecular flexibility index (Phi) is 7.39. The fourth-order valence-corrected chi connectivity index (χ4v) is 2.82. The molecule has 1 aliphatic rings. The molecule has 1 saturated heterocycles. The second kappa shape index (κ2) is 8.83. The summed E-state index contributed by atoms with van der Waals surface area (Å²) in [6.07, 6.45) is -0.0809. The van der Waals surface area contributed by atoms with Gasteiger partial charge in [-0.3, -0.25) is 0 Å². The van der Waals surface area contributed by atoms with E-state index >= 15 is 0 Å². The highest BCUT2D eigenvalue weighted by Crippen LogP contribution is 2.31. The number of ether oxygens (including phenoxy) is 1. The minimum Gasteiger partial charge on any atom is -0.444 e. The monoisotopic (exact) mass is 372 g/mol. The first-order valence-electron chi connectivity index (χ1n) is 7.77.